The fourth-order valence-corrected chi connectivity index (χ4v) is 4.60. The van der Waals surface area contributed by atoms with Gasteiger partial charge in [-0.2, -0.15) is 0 Å². The molecule has 222 valence electrons. The number of fused-ring (bicyclic) bond motifs is 1. The number of rotatable bonds is 7. The molecule has 0 amide bonds. The van der Waals surface area contributed by atoms with E-state index in [9.17, 15) is 20.2 Å². The van der Waals surface area contributed by atoms with Gasteiger partial charge in [-0.3, -0.25) is 30.2 Å². The van der Waals surface area contributed by atoms with Crippen molar-refractivity contribution in [3.63, 3.8) is 0 Å². The number of hydrogen-bond donors (Lipinski definition) is 0. The molecule has 0 saturated carbocycles. The first kappa shape index (κ1) is 33.6. The van der Waals surface area contributed by atoms with Crippen LogP contribution in [-0.4, -0.2) is 37.1 Å². The van der Waals surface area contributed by atoms with Crippen LogP contribution in [0.15, 0.2) is 107 Å². The first-order valence-corrected chi connectivity index (χ1v) is 13.8. The third kappa shape index (κ3) is 8.23. The van der Waals surface area contributed by atoms with Gasteiger partial charge in [-0.05, 0) is 37.3 Å². The summed E-state index contributed by atoms with van der Waals surface area (Å²) >= 11 is 5.74. The third-order valence-corrected chi connectivity index (χ3v) is 6.50. The minimum absolute atomic E-state index is 0. The van der Waals surface area contributed by atoms with Crippen LogP contribution < -0.4 is 5.49 Å². The maximum atomic E-state index is 11.1. The van der Waals surface area contributed by atoms with Gasteiger partial charge in [-0.25, -0.2) is 0 Å². The molecule has 0 spiro atoms. The number of pyridine rings is 1. The summed E-state index contributed by atoms with van der Waals surface area (Å²) in [5.74, 6) is 1.35. The minimum Gasteiger partial charge on any atom is -0.332 e. The Morgan fingerprint density at radius 2 is 1.57 bits per heavy atom. The van der Waals surface area contributed by atoms with Crippen LogP contribution in [0.2, 0.25) is 0 Å². The van der Waals surface area contributed by atoms with Crippen molar-refractivity contribution in [3.05, 3.63) is 134 Å². The fraction of sp³-hybridized carbons (Fsp3) is 0.290. The normalized spacial score (nSPS) is 16.6. The van der Waals surface area contributed by atoms with E-state index in [0.29, 0.717) is 23.6 Å². The number of amidine groups is 1. The average molecular weight is 593 g/mol. The second-order valence-electron chi connectivity index (χ2n) is 8.74. The molecule has 3 aromatic rings. The topological polar surface area (TPSA) is 119 Å². The zero-order chi connectivity index (χ0) is 29.8. The average Bonchev–Trinajstić information content (AvgIpc) is 3.34. The van der Waals surface area contributed by atoms with Crippen molar-refractivity contribution in [2.45, 2.75) is 53.4 Å². The SMILES string of the molecule is C.CC.CC1C(c2ccccc2[N+](=O)[O-])N=C2C=CC=CN21.O=[N+]([O-])c1ccccc1CN=c1ccccn1CCCl. The van der Waals surface area contributed by atoms with Crippen molar-refractivity contribution in [1.82, 2.24) is 9.47 Å². The van der Waals surface area contributed by atoms with Gasteiger partial charge in [-0.15, -0.1) is 11.6 Å². The van der Waals surface area contributed by atoms with E-state index in [4.69, 9.17) is 11.6 Å². The molecule has 0 N–H and O–H groups in total. The Morgan fingerprint density at radius 3 is 2.24 bits per heavy atom. The van der Waals surface area contributed by atoms with Crippen molar-refractivity contribution in [2.24, 2.45) is 9.98 Å². The van der Waals surface area contributed by atoms with Crippen molar-refractivity contribution < 1.29 is 9.85 Å². The molecule has 2 aliphatic heterocycles. The Balaban J connectivity index is 0.000000271. The van der Waals surface area contributed by atoms with Crippen LogP contribution in [0.4, 0.5) is 11.4 Å². The van der Waals surface area contributed by atoms with Crippen LogP contribution >= 0.6 is 11.6 Å². The molecule has 11 heteroatoms. The molecule has 2 aliphatic rings. The quantitative estimate of drug-likeness (QED) is 0.163. The molecular weight excluding hydrogens is 556 g/mol. The molecule has 2 unspecified atom stereocenters. The maximum absolute atomic E-state index is 11.1. The number of benzene rings is 2. The van der Waals surface area contributed by atoms with E-state index in [1.54, 1.807) is 30.3 Å². The summed E-state index contributed by atoms with van der Waals surface area (Å²) in [6.07, 6.45) is 9.63. The molecule has 0 saturated heterocycles. The van der Waals surface area contributed by atoms with E-state index in [1.807, 2.05) is 85.1 Å². The number of aryl methyl sites for hydroxylation is 1. The fourth-order valence-electron chi connectivity index (χ4n) is 4.42. The van der Waals surface area contributed by atoms with Gasteiger partial charge in [-0.1, -0.05) is 63.7 Å². The van der Waals surface area contributed by atoms with Crippen LogP contribution in [-0.2, 0) is 13.1 Å². The predicted molar refractivity (Wildman–Crippen MR) is 168 cm³/mol. The highest BCUT2D eigenvalue weighted by Gasteiger charge is 2.35. The Bertz CT molecular complexity index is 1510. The van der Waals surface area contributed by atoms with E-state index < -0.39 is 0 Å². The summed E-state index contributed by atoms with van der Waals surface area (Å²) in [6.45, 7) is 6.95. The molecule has 0 bridgehead atoms. The number of nitro benzene ring substituents is 2. The van der Waals surface area contributed by atoms with E-state index >= 15 is 0 Å². The minimum atomic E-state index is -0.386. The summed E-state index contributed by atoms with van der Waals surface area (Å²) in [7, 11) is 0. The van der Waals surface area contributed by atoms with Gasteiger partial charge in [0.15, 0.2) is 0 Å². The molecular formula is C31H37ClN6O4. The maximum Gasteiger partial charge on any atom is 0.274 e. The van der Waals surface area contributed by atoms with Crippen molar-refractivity contribution >= 4 is 28.8 Å². The lowest BCUT2D eigenvalue weighted by molar-refractivity contribution is -0.385. The number of allylic oxidation sites excluding steroid dienone is 2. The number of hydrogen-bond acceptors (Lipinski definition) is 7. The van der Waals surface area contributed by atoms with Crippen LogP contribution in [0.25, 0.3) is 0 Å². The van der Waals surface area contributed by atoms with Gasteiger partial charge in [0.2, 0.25) is 0 Å². The van der Waals surface area contributed by atoms with Crippen LogP contribution in [0.5, 0.6) is 0 Å². The zero-order valence-electron chi connectivity index (χ0n) is 23.2. The molecule has 0 aliphatic carbocycles. The van der Waals surface area contributed by atoms with Crippen molar-refractivity contribution in [2.75, 3.05) is 5.88 Å². The predicted octanol–water partition coefficient (Wildman–Crippen LogP) is 7.22. The summed E-state index contributed by atoms with van der Waals surface area (Å²) in [4.78, 5) is 32.4. The molecule has 10 nitrogen and oxygen atoms in total. The second-order valence-corrected chi connectivity index (χ2v) is 9.12. The van der Waals surface area contributed by atoms with Gasteiger partial charge in [0.05, 0.1) is 33.6 Å². The highest BCUT2D eigenvalue weighted by Crippen LogP contribution is 2.37. The van der Waals surface area contributed by atoms with E-state index in [-0.39, 0.29) is 47.3 Å². The number of alkyl halides is 1. The van der Waals surface area contributed by atoms with Gasteiger partial charge in [0.25, 0.3) is 11.4 Å². The van der Waals surface area contributed by atoms with Crippen molar-refractivity contribution in [3.8, 4) is 0 Å². The van der Waals surface area contributed by atoms with Gasteiger partial charge >= 0.3 is 0 Å². The first-order chi connectivity index (χ1) is 19.9. The lowest BCUT2D eigenvalue weighted by atomic mass is 9.99. The van der Waals surface area contributed by atoms with Crippen LogP contribution in [0.1, 0.15) is 45.4 Å². The molecule has 0 radical (unpaired) electrons. The number of halogens is 1. The van der Waals surface area contributed by atoms with Crippen LogP contribution in [0.3, 0.4) is 0 Å². The molecule has 0 fully saturated rings. The molecule has 5 rings (SSSR count). The molecule has 1 aromatic heterocycles. The summed E-state index contributed by atoms with van der Waals surface area (Å²) < 4.78 is 1.92. The Morgan fingerprint density at radius 1 is 0.929 bits per heavy atom. The number of nitro groups is 2. The smallest absolute Gasteiger partial charge is 0.274 e. The Labute approximate surface area is 251 Å². The molecule has 42 heavy (non-hydrogen) atoms. The lowest BCUT2D eigenvalue weighted by Crippen LogP contribution is -2.30. The van der Waals surface area contributed by atoms with Gasteiger partial charge < -0.3 is 9.47 Å². The lowest BCUT2D eigenvalue weighted by Gasteiger charge is -2.24. The first-order valence-electron chi connectivity index (χ1n) is 13.3. The van der Waals surface area contributed by atoms with E-state index in [2.05, 4.69) is 9.98 Å². The second kappa shape index (κ2) is 16.6. The Kier molecular flexibility index (Phi) is 13.3. The van der Waals surface area contributed by atoms with E-state index in [1.165, 1.54) is 12.1 Å². The highest BCUT2D eigenvalue weighted by atomic mass is 35.5. The van der Waals surface area contributed by atoms with Gasteiger partial charge in [0, 0.05) is 37.0 Å². The number of aromatic nitrogens is 1. The highest BCUT2D eigenvalue weighted by molar-refractivity contribution is 6.17. The van der Waals surface area contributed by atoms with Crippen LogP contribution in [0, 0.1) is 20.2 Å². The number of aliphatic imine (C=N–C) groups is 1. The number of para-hydroxylation sites is 2. The van der Waals surface area contributed by atoms with Crippen molar-refractivity contribution in [1.29, 1.82) is 0 Å². The Hall–Kier alpha value is -4.57. The molecule has 2 atom stereocenters. The zero-order valence-corrected chi connectivity index (χ0v) is 24.0. The summed E-state index contributed by atoms with van der Waals surface area (Å²) in [6, 6.07) is 19.0. The monoisotopic (exact) mass is 592 g/mol. The van der Waals surface area contributed by atoms with E-state index in [0.717, 1.165) is 11.3 Å². The summed E-state index contributed by atoms with van der Waals surface area (Å²) in [5, 5.41) is 22.1. The molecule has 2 aromatic carbocycles. The summed E-state index contributed by atoms with van der Waals surface area (Å²) in [5.41, 5.74) is 2.25. The molecule has 3 heterocycles. The third-order valence-electron chi connectivity index (χ3n) is 6.33. The standard InChI is InChI=1S/C14H14ClN3O2.C14H13N3O2.C2H6.CH4/c15-8-10-17-9-4-3-7-14(17)16-11-12-5-1-2-6-13(12)18(19)20;1-10-14(15-13-8-4-5-9-16(10)13)11-6-2-3-7-12(11)17(18)19;1-2;/h1-7,9H,8,10-11H2;2-10,14H,1H3;1-2H3;1H4. The van der Waals surface area contributed by atoms with Gasteiger partial charge in [0.1, 0.15) is 17.4 Å². The largest absolute Gasteiger partial charge is 0.332 e. The number of nitrogens with zero attached hydrogens (tertiary/aromatic N) is 6.